The minimum atomic E-state index is -3.78. The molecule has 2 aromatic rings. The third kappa shape index (κ3) is 4.21. The molecule has 1 aliphatic rings. The highest BCUT2D eigenvalue weighted by molar-refractivity contribution is 7.89. The van der Waals surface area contributed by atoms with Crippen molar-refractivity contribution in [1.82, 2.24) is 14.2 Å². The first kappa shape index (κ1) is 21.5. The molecule has 0 unspecified atom stereocenters. The number of piperazine rings is 1. The number of aromatic nitrogens is 1. The van der Waals surface area contributed by atoms with E-state index < -0.39 is 10.0 Å². The summed E-state index contributed by atoms with van der Waals surface area (Å²) in [6.45, 7) is 6.93. The fourth-order valence-corrected chi connectivity index (χ4v) is 6.15. The lowest BCUT2D eigenvalue weighted by Gasteiger charge is -2.34. The summed E-state index contributed by atoms with van der Waals surface area (Å²) in [5.74, 6) is 0.162. The van der Waals surface area contributed by atoms with Gasteiger partial charge in [-0.05, 0) is 25.1 Å². The molecule has 1 fully saturated rings. The van der Waals surface area contributed by atoms with Crippen molar-refractivity contribution in [3.05, 3.63) is 43.8 Å². The maximum absolute atomic E-state index is 12.9. The van der Waals surface area contributed by atoms with Gasteiger partial charge >= 0.3 is 0 Å². The number of hydrogen-bond acceptors (Lipinski definition) is 5. The molecule has 0 aliphatic carbocycles. The number of thiazole rings is 1. The van der Waals surface area contributed by atoms with Gasteiger partial charge in [-0.25, -0.2) is 13.4 Å². The molecule has 1 aromatic carbocycles. The molecule has 0 radical (unpaired) electrons. The number of hydrogen-bond donors (Lipinski definition) is 0. The van der Waals surface area contributed by atoms with E-state index in [2.05, 4.69) is 4.98 Å². The third-order valence-electron chi connectivity index (χ3n) is 4.54. The molecule has 3 rings (SSSR count). The maximum atomic E-state index is 12.9. The summed E-state index contributed by atoms with van der Waals surface area (Å²) in [7, 11) is -3.78. The Balaban J connectivity index is 1.74. The molecule has 1 amide bonds. The Morgan fingerprint density at radius 3 is 2.39 bits per heavy atom. The second kappa shape index (κ2) is 8.28. The number of sulfonamides is 1. The van der Waals surface area contributed by atoms with Crippen LogP contribution >= 0.6 is 34.5 Å². The van der Waals surface area contributed by atoms with Crippen LogP contribution in [-0.4, -0.2) is 54.7 Å². The SMILES string of the molecule is Cc1nc(C(C)C)sc1C(=O)N1CCN(S(=O)(=O)c2cc(Cl)ccc2Cl)CC1. The van der Waals surface area contributed by atoms with E-state index in [1.54, 1.807) is 11.0 Å². The van der Waals surface area contributed by atoms with Gasteiger partial charge in [-0.3, -0.25) is 4.79 Å². The average Bonchev–Trinajstić information content (AvgIpc) is 3.05. The van der Waals surface area contributed by atoms with Crippen LogP contribution in [0.15, 0.2) is 23.1 Å². The number of amides is 1. The van der Waals surface area contributed by atoms with Crippen molar-refractivity contribution >= 4 is 50.5 Å². The topological polar surface area (TPSA) is 70.6 Å². The van der Waals surface area contributed by atoms with Gasteiger partial charge in [-0.15, -0.1) is 11.3 Å². The molecule has 0 saturated carbocycles. The van der Waals surface area contributed by atoms with Crippen molar-refractivity contribution in [2.24, 2.45) is 0 Å². The summed E-state index contributed by atoms with van der Waals surface area (Å²) in [6, 6.07) is 4.36. The standard InChI is InChI=1S/C18H21Cl2N3O3S2/c1-11(2)17-21-12(3)16(27-17)18(24)22-6-8-23(9-7-22)28(25,26)15-10-13(19)4-5-14(15)20/h4-5,10-11H,6-9H2,1-3H3. The molecular formula is C18H21Cl2N3O3S2. The lowest BCUT2D eigenvalue weighted by atomic mass is 10.2. The summed E-state index contributed by atoms with van der Waals surface area (Å²) in [6.07, 6.45) is 0. The quantitative estimate of drug-likeness (QED) is 0.688. The van der Waals surface area contributed by atoms with E-state index in [9.17, 15) is 13.2 Å². The molecule has 152 valence electrons. The van der Waals surface area contributed by atoms with Crippen molar-refractivity contribution in [2.75, 3.05) is 26.2 Å². The molecule has 1 aromatic heterocycles. The summed E-state index contributed by atoms with van der Waals surface area (Å²) >= 11 is 13.4. The highest BCUT2D eigenvalue weighted by atomic mass is 35.5. The Labute approximate surface area is 179 Å². The van der Waals surface area contributed by atoms with E-state index in [0.29, 0.717) is 23.0 Å². The number of nitrogens with zero attached hydrogens (tertiary/aromatic N) is 3. The second-order valence-corrected chi connectivity index (χ2v) is 10.7. The summed E-state index contributed by atoms with van der Waals surface area (Å²) in [5.41, 5.74) is 0.722. The first-order valence-corrected chi connectivity index (χ1v) is 11.8. The molecule has 0 atom stereocenters. The molecule has 10 heteroatoms. The fourth-order valence-electron chi connectivity index (χ4n) is 2.95. The highest BCUT2D eigenvalue weighted by Gasteiger charge is 2.33. The van der Waals surface area contributed by atoms with Crippen LogP contribution in [0, 0.1) is 6.92 Å². The van der Waals surface area contributed by atoms with Crippen LogP contribution in [0.2, 0.25) is 10.0 Å². The Morgan fingerprint density at radius 2 is 1.82 bits per heavy atom. The van der Waals surface area contributed by atoms with Crippen LogP contribution in [-0.2, 0) is 10.0 Å². The largest absolute Gasteiger partial charge is 0.335 e. The third-order valence-corrected chi connectivity index (χ3v) is 8.60. The Kier molecular flexibility index (Phi) is 6.36. The molecule has 0 N–H and O–H groups in total. The smallest absolute Gasteiger partial charge is 0.265 e. The van der Waals surface area contributed by atoms with Crippen molar-refractivity contribution in [3.63, 3.8) is 0 Å². The summed E-state index contributed by atoms with van der Waals surface area (Å²) < 4.78 is 27.2. The average molecular weight is 462 g/mol. The van der Waals surface area contributed by atoms with E-state index >= 15 is 0 Å². The number of halogens is 2. The normalized spacial score (nSPS) is 16.0. The van der Waals surface area contributed by atoms with Gasteiger partial charge in [0.15, 0.2) is 0 Å². The molecule has 28 heavy (non-hydrogen) atoms. The van der Waals surface area contributed by atoms with E-state index in [1.165, 1.54) is 27.8 Å². The predicted octanol–water partition coefficient (Wildman–Crippen LogP) is 4.03. The Bertz CT molecular complexity index is 997. The molecule has 6 nitrogen and oxygen atoms in total. The second-order valence-electron chi connectivity index (χ2n) is 6.89. The molecule has 1 saturated heterocycles. The number of rotatable bonds is 4. The maximum Gasteiger partial charge on any atom is 0.265 e. The number of benzene rings is 1. The van der Waals surface area contributed by atoms with E-state index in [0.717, 1.165) is 10.7 Å². The molecule has 0 bridgehead atoms. The monoisotopic (exact) mass is 461 g/mol. The number of carbonyl (C=O) groups is 1. The van der Waals surface area contributed by atoms with Gasteiger partial charge in [0.2, 0.25) is 10.0 Å². The summed E-state index contributed by atoms with van der Waals surface area (Å²) in [4.78, 5) is 19.6. The van der Waals surface area contributed by atoms with Crippen molar-refractivity contribution in [1.29, 1.82) is 0 Å². The van der Waals surface area contributed by atoms with Crippen LogP contribution in [0.25, 0.3) is 0 Å². The van der Waals surface area contributed by atoms with Crippen molar-refractivity contribution in [2.45, 2.75) is 31.6 Å². The van der Waals surface area contributed by atoms with Crippen LogP contribution in [0.5, 0.6) is 0 Å². The van der Waals surface area contributed by atoms with Crippen LogP contribution in [0.4, 0.5) is 0 Å². The molecular weight excluding hydrogens is 441 g/mol. The zero-order valence-electron chi connectivity index (χ0n) is 15.8. The van der Waals surface area contributed by atoms with E-state index in [-0.39, 0.29) is 34.8 Å². The van der Waals surface area contributed by atoms with Crippen molar-refractivity contribution in [3.8, 4) is 0 Å². The number of carbonyl (C=O) groups excluding carboxylic acids is 1. The zero-order chi connectivity index (χ0) is 20.6. The van der Waals surface area contributed by atoms with Gasteiger partial charge in [0.25, 0.3) is 5.91 Å². The molecule has 2 heterocycles. The van der Waals surface area contributed by atoms with Gasteiger partial charge in [-0.2, -0.15) is 4.31 Å². The van der Waals surface area contributed by atoms with Gasteiger partial charge in [0.05, 0.1) is 15.7 Å². The lowest BCUT2D eigenvalue weighted by Crippen LogP contribution is -2.50. The van der Waals surface area contributed by atoms with Crippen molar-refractivity contribution < 1.29 is 13.2 Å². The lowest BCUT2D eigenvalue weighted by molar-refractivity contribution is 0.0702. The Morgan fingerprint density at radius 1 is 1.18 bits per heavy atom. The number of aryl methyl sites for hydroxylation is 1. The van der Waals surface area contributed by atoms with Crippen LogP contribution in [0.3, 0.4) is 0 Å². The van der Waals surface area contributed by atoms with Gasteiger partial charge in [0.1, 0.15) is 9.77 Å². The predicted molar refractivity (Wildman–Crippen MR) is 112 cm³/mol. The summed E-state index contributed by atoms with van der Waals surface area (Å²) in [5, 5.41) is 1.36. The molecule has 1 aliphatic heterocycles. The van der Waals surface area contributed by atoms with E-state index in [4.69, 9.17) is 23.2 Å². The first-order chi connectivity index (χ1) is 13.1. The van der Waals surface area contributed by atoms with E-state index in [1.807, 2.05) is 20.8 Å². The minimum Gasteiger partial charge on any atom is -0.335 e. The minimum absolute atomic E-state index is 0.0127. The first-order valence-electron chi connectivity index (χ1n) is 8.83. The molecule has 0 spiro atoms. The Hall–Kier alpha value is -1.19. The zero-order valence-corrected chi connectivity index (χ0v) is 18.9. The van der Waals surface area contributed by atoms with Crippen LogP contribution < -0.4 is 0 Å². The highest BCUT2D eigenvalue weighted by Crippen LogP contribution is 2.29. The van der Waals surface area contributed by atoms with Gasteiger partial charge in [0, 0.05) is 37.1 Å². The fraction of sp³-hybridized carbons (Fsp3) is 0.444. The van der Waals surface area contributed by atoms with Gasteiger partial charge in [-0.1, -0.05) is 37.0 Å². The van der Waals surface area contributed by atoms with Crippen LogP contribution in [0.1, 0.15) is 40.1 Å². The van der Waals surface area contributed by atoms with Gasteiger partial charge < -0.3 is 4.90 Å².